The van der Waals surface area contributed by atoms with Gasteiger partial charge in [0.05, 0.1) is 18.1 Å². The van der Waals surface area contributed by atoms with Crippen LogP contribution in [0.5, 0.6) is 5.88 Å². The van der Waals surface area contributed by atoms with Crippen molar-refractivity contribution in [1.29, 1.82) is 0 Å². The van der Waals surface area contributed by atoms with Crippen molar-refractivity contribution in [1.82, 2.24) is 20.2 Å². The molecule has 0 unspecified atom stereocenters. The van der Waals surface area contributed by atoms with Gasteiger partial charge in [-0.1, -0.05) is 20.8 Å². The van der Waals surface area contributed by atoms with Crippen LogP contribution >= 0.6 is 0 Å². The fourth-order valence-electron chi connectivity index (χ4n) is 1.72. The summed E-state index contributed by atoms with van der Waals surface area (Å²) < 4.78 is 5.59. The Morgan fingerprint density at radius 3 is 2.53 bits per heavy atom. The van der Waals surface area contributed by atoms with Gasteiger partial charge in [-0.2, -0.15) is 0 Å². The first-order valence-corrected chi connectivity index (χ1v) is 7.16. The molecule has 0 spiro atoms. The van der Waals surface area contributed by atoms with Gasteiger partial charge in [0, 0.05) is 13.1 Å². The monoisotopic (exact) mass is 266 g/mol. The molecule has 0 fully saturated rings. The summed E-state index contributed by atoms with van der Waals surface area (Å²) in [6.45, 7) is 11.9. The van der Waals surface area contributed by atoms with Gasteiger partial charge in [-0.3, -0.25) is 4.98 Å². The van der Waals surface area contributed by atoms with Gasteiger partial charge in [-0.15, -0.1) is 0 Å². The number of rotatable bonds is 10. The summed E-state index contributed by atoms with van der Waals surface area (Å²) in [6, 6.07) is 0. The number of nitrogens with zero attached hydrogens (tertiary/aromatic N) is 3. The highest BCUT2D eigenvalue weighted by molar-refractivity contribution is 5.07. The van der Waals surface area contributed by atoms with Crippen molar-refractivity contribution in [2.45, 2.75) is 33.7 Å². The molecule has 0 aliphatic heterocycles. The average molecular weight is 266 g/mol. The lowest BCUT2D eigenvalue weighted by Crippen LogP contribution is -2.28. The van der Waals surface area contributed by atoms with E-state index in [1.807, 2.05) is 0 Å². The minimum Gasteiger partial charge on any atom is -0.475 e. The lowest BCUT2D eigenvalue weighted by Gasteiger charge is -2.17. The summed E-state index contributed by atoms with van der Waals surface area (Å²) in [4.78, 5) is 10.9. The number of hydrogen-bond acceptors (Lipinski definition) is 5. The number of hydrogen-bond donors (Lipinski definition) is 1. The Bertz CT molecular complexity index is 325. The van der Waals surface area contributed by atoms with Gasteiger partial charge in [-0.05, 0) is 26.1 Å². The normalized spacial score (nSPS) is 10.9. The molecule has 5 heteroatoms. The first-order valence-electron chi connectivity index (χ1n) is 7.16. The van der Waals surface area contributed by atoms with E-state index >= 15 is 0 Å². The fourth-order valence-corrected chi connectivity index (χ4v) is 1.72. The second-order valence-corrected chi connectivity index (χ2v) is 4.40. The van der Waals surface area contributed by atoms with Gasteiger partial charge in [0.25, 0.3) is 0 Å². The zero-order valence-electron chi connectivity index (χ0n) is 12.4. The molecule has 108 valence electrons. The molecular weight excluding hydrogens is 240 g/mol. The third-order valence-electron chi connectivity index (χ3n) is 2.97. The lowest BCUT2D eigenvalue weighted by atomic mass is 10.4. The van der Waals surface area contributed by atoms with Crippen LogP contribution < -0.4 is 10.1 Å². The smallest absolute Gasteiger partial charge is 0.232 e. The van der Waals surface area contributed by atoms with Gasteiger partial charge < -0.3 is 15.0 Å². The van der Waals surface area contributed by atoms with Crippen molar-refractivity contribution in [3.63, 3.8) is 0 Å². The van der Waals surface area contributed by atoms with Gasteiger partial charge in [0.2, 0.25) is 5.88 Å². The Hall–Kier alpha value is -1.20. The van der Waals surface area contributed by atoms with Gasteiger partial charge in [0.15, 0.2) is 0 Å². The third-order valence-corrected chi connectivity index (χ3v) is 2.97. The molecule has 1 heterocycles. The zero-order chi connectivity index (χ0) is 13.9. The minimum absolute atomic E-state index is 0.603. The molecule has 0 aliphatic rings. The molecular formula is C14H26N4O. The average Bonchev–Trinajstić information content (AvgIpc) is 2.45. The highest BCUT2D eigenvalue weighted by Crippen LogP contribution is 2.04. The molecule has 0 atom stereocenters. The Labute approximate surface area is 116 Å². The van der Waals surface area contributed by atoms with Crippen LogP contribution in [-0.4, -0.2) is 47.7 Å². The highest BCUT2D eigenvalue weighted by atomic mass is 16.5. The molecule has 1 aromatic heterocycles. The first-order chi connectivity index (χ1) is 9.30. The largest absolute Gasteiger partial charge is 0.475 e. The van der Waals surface area contributed by atoms with E-state index in [-0.39, 0.29) is 0 Å². The maximum atomic E-state index is 5.59. The predicted molar refractivity (Wildman–Crippen MR) is 77.3 cm³/mol. The molecule has 1 N–H and O–H groups in total. The van der Waals surface area contributed by atoms with Crippen molar-refractivity contribution < 1.29 is 4.74 Å². The Morgan fingerprint density at radius 1 is 1.16 bits per heavy atom. The van der Waals surface area contributed by atoms with E-state index in [0.717, 1.165) is 44.8 Å². The van der Waals surface area contributed by atoms with Crippen LogP contribution in [0.25, 0.3) is 0 Å². The van der Waals surface area contributed by atoms with Crippen molar-refractivity contribution in [2.24, 2.45) is 0 Å². The molecule has 0 saturated heterocycles. The summed E-state index contributed by atoms with van der Waals surface area (Å²) >= 11 is 0. The van der Waals surface area contributed by atoms with Crippen molar-refractivity contribution in [2.75, 3.05) is 32.8 Å². The molecule has 0 aliphatic carbocycles. The van der Waals surface area contributed by atoms with Gasteiger partial charge in [-0.25, -0.2) is 4.98 Å². The first kappa shape index (κ1) is 15.9. The van der Waals surface area contributed by atoms with Crippen LogP contribution in [0.4, 0.5) is 0 Å². The SMILES string of the molecule is CCCNCc1cnc(OCCN(CC)CC)cn1. The van der Waals surface area contributed by atoms with Gasteiger partial charge >= 0.3 is 0 Å². The molecule has 0 amide bonds. The molecule has 5 nitrogen and oxygen atoms in total. The number of likely N-dealkylation sites (N-methyl/N-ethyl adjacent to an activating group) is 1. The Morgan fingerprint density at radius 2 is 1.95 bits per heavy atom. The topological polar surface area (TPSA) is 50.3 Å². The maximum absolute atomic E-state index is 5.59. The second-order valence-electron chi connectivity index (χ2n) is 4.40. The number of nitrogens with one attached hydrogen (secondary N) is 1. The van der Waals surface area contributed by atoms with Crippen LogP contribution in [0.2, 0.25) is 0 Å². The minimum atomic E-state index is 0.603. The molecule has 1 rings (SSSR count). The quantitative estimate of drug-likeness (QED) is 0.653. The van der Waals surface area contributed by atoms with Crippen LogP contribution in [0.1, 0.15) is 32.9 Å². The Balaban J connectivity index is 2.27. The summed E-state index contributed by atoms with van der Waals surface area (Å²) in [5, 5.41) is 3.29. The lowest BCUT2D eigenvalue weighted by molar-refractivity contribution is 0.217. The zero-order valence-corrected chi connectivity index (χ0v) is 12.4. The molecule has 0 bridgehead atoms. The van der Waals surface area contributed by atoms with E-state index in [9.17, 15) is 0 Å². The maximum Gasteiger partial charge on any atom is 0.232 e. The predicted octanol–water partition coefficient (Wildman–Crippen LogP) is 1.70. The fraction of sp³-hybridized carbons (Fsp3) is 0.714. The number of aromatic nitrogens is 2. The molecule has 1 aromatic rings. The van der Waals surface area contributed by atoms with E-state index in [1.54, 1.807) is 12.4 Å². The van der Waals surface area contributed by atoms with Crippen LogP contribution in [0.15, 0.2) is 12.4 Å². The van der Waals surface area contributed by atoms with E-state index in [4.69, 9.17) is 4.74 Å². The molecule has 19 heavy (non-hydrogen) atoms. The summed E-state index contributed by atoms with van der Waals surface area (Å²) in [5.74, 6) is 0.603. The standard InChI is InChI=1S/C14H26N4O/c1-4-7-15-10-13-11-17-14(12-16-13)19-9-8-18(5-2)6-3/h11-12,15H,4-10H2,1-3H3. The van der Waals surface area contributed by atoms with Gasteiger partial charge in [0.1, 0.15) is 6.61 Å². The second kappa shape index (κ2) is 9.69. The van der Waals surface area contributed by atoms with Crippen molar-refractivity contribution in [3.05, 3.63) is 18.1 Å². The van der Waals surface area contributed by atoms with E-state index in [0.29, 0.717) is 12.5 Å². The molecule has 0 saturated carbocycles. The summed E-state index contributed by atoms with van der Waals surface area (Å²) in [6.07, 6.45) is 4.60. The number of ether oxygens (including phenoxy) is 1. The van der Waals surface area contributed by atoms with Crippen LogP contribution in [0, 0.1) is 0 Å². The van der Waals surface area contributed by atoms with E-state index in [1.165, 1.54) is 0 Å². The van der Waals surface area contributed by atoms with E-state index in [2.05, 4.69) is 41.0 Å². The molecule has 0 radical (unpaired) electrons. The molecule has 0 aromatic carbocycles. The van der Waals surface area contributed by atoms with E-state index < -0.39 is 0 Å². The Kier molecular flexibility index (Phi) is 8.09. The van der Waals surface area contributed by atoms with Crippen LogP contribution in [-0.2, 0) is 6.54 Å². The van der Waals surface area contributed by atoms with Crippen molar-refractivity contribution in [3.8, 4) is 5.88 Å². The van der Waals surface area contributed by atoms with Crippen molar-refractivity contribution >= 4 is 0 Å². The third kappa shape index (κ3) is 6.50. The summed E-state index contributed by atoms with van der Waals surface area (Å²) in [5.41, 5.74) is 0.949. The van der Waals surface area contributed by atoms with Crippen LogP contribution in [0.3, 0.4) is 0 Å². The summed E-state index contributed by atoms with van der Waals surface area (Å²) in [7, 11) is 0. The highest BCUT2D eigenvalue weighted by Gasteiger charge is 2.01.